The number of aromatic nitrogens is 1. The summed E-state index contributed by atoms with van der Waals surface area (Å²) in [4.78, 5) is 14.9. The van der Waals surface area contributed by atoms with E-state index in [1.54, 1.807) is 18.2 Å². The van der Waals surface area contributed by atoms with Crippen LogP contribution >= 0.6 is 0 Å². The van der Waals surface area contributed by atoms with Crippen LogP contribution in [0.5, 0.6) is 0 Å². The predicted octanol–water partition coefficient (Wildman–Crippen LogP) is 0.730. The first-order chi connectivity index (χ1) is 6.89. The van der Waals surface area contributed by atoms with Crippen molar-refractivity contribution in [2.75, 3.05) is 11.1 Å². The third-order valence-electron chi connectivity index (χ3n) is 1.85. The number of anilines is 2. The largest absolute Gasteiger partial charge is 0.384 e. The molecule has 1 heterocycles. The number of pyridine rings is 1. The minimum absolute atomic E-state index is 0.240. The Kier molecular flexibility index (Phi) is 3.14. The van der Waals surface area contributed by atoms with E-state index < -0.39 is 5.54 Å². The average Bonchev–Trinajstić information content (AvgIpc) is 1.99. The van der Waals surface area contributed by atoms with Gasteiger partial charge in [0.15, 0.2) is 0 Å². The fourth-order valence-corrected chi connectivity index (χ4v) is 1.35. The lowest BCUT2D eigenvalue weighted by Crippen LogP contribution is -2.36. The molecule has 0 aromatic carbocycles. The van der Waals surface area contributed by atoms with E-state index in [9.17, 15) is 4.79 Å². The second kappa shape index (κ2) is 4.16. The normalized spacial score (nSPS) is 11.1. The van der Waals surface area contributed by atoms with E-state index in [1.807, 2.05) is 13.8 Å². The van der Waals surface area contributed by atoms with Gasteiger partial charge < -0.3 is 16.8 Å². The van der Waals surface area contributed by atoms with E-state index in [1.165, 1.54) is 0 Å². The summed E-state index contributed by atoms with van der Waals surface area (Å²) in [6.45, 7) is 3.76. The molecule has 5 heteroatoms. The lowest BCUT2D eigenvalue weighted by molar-refractivity contribution is -0.118. The van der Waals surface area contributed by atoms with E-state index in [2.05, 4.69) is 10.3 Å². The Balaban J connectivity index is 2.72. The van der Waals surface area contributed by atoms with Crippen LogP contribution < -0.4 is 16.8 Å². The zero-order valence-electron chi connectivity index (χ0n) is 8.95. The van der Waals surface area contributed by atoms with Crippen molar-refractivity contribution in [3.05, 3.63) is 18.2 Å². The van der Waals surface area contributed by atoms with Gasteiger partial charge in [0.05, 0.1) is 0 Å². The summed E-state index contributed by atoms with van der Waals surface area (Å²) in [5, 5.41) is 3.10. The molecule has 1 aromatic rings. The molecule has 0 fully saturated rings. The Morgan fingerprint density at radius 1 is 1.53 bits per heavy atom. The van der Waals surface area contributed by atoms with Crippen LogP contribution in [0.3, 0.4) is 0 Å². The fourth-order valence-electron chi connectivity index (χ4n) is 1.35. The van der Waals surface area contributed by atoms with Crippen LogP contribution in [-0.4, -0.2) is 16.4 Å². The maximum absolute atomic E-state index is 10.8. The van der Waals surface area contributed by atoms with Crippen molar-refractivity contribution in [2.24, 2.45) is 5.73 Å². The molecule has 15 heavy (non-hydrogen) atoms. The Morgan fingerprint density at radius 2 is 2.20 bits per heavy atom. The fraction of sp³-hybridized carbons (Fsp3) is 0.400. The summed E-state index contributed by atoms with van der Waals surface area (Å²) < 4.78 is 0. The highest BCUT2D eigenvalue weighted by molar-refractivity contribution is 5.75. The van der Waals surface area contributed by atoms with Gasteiger partial charge in [-0.1, -0.05) is 6.07 Å². The number of rotatable bonds is 4. The maximum Gasteiger partial charge on any atom is 0.219 e. The maximum atomic E-state index is 10.8. The molecule has 82 valence electrons. The summed E-state index contributed by atoms with van der Waals surface area (Å²) in [5.74, 6) is 0.729. The molecule has 0 saturated carbocycles. The molecule has 5 N–H and O–H groups in total. The molecule has 0 bridgehead atoms. The number of carbonyl (C=O) groups excluding carboxylic acids is 1. The Bertz CT molecular complexity index is 362. The highest BCUT2D eigenvalue weighted by Crippen LogP contribution is 2.16. The number of nitrogens with zero attached hydrogens (tertiary/aromatic N) is 1. The molecule has 1 aromatic heterocycles. The van der Waals surface area contributed by atoms with Gasteiger partial charge in [0, 0.05) is 12.0 Å². The van der Waals surface area contributed by atoms with Crippen LogP contribution in [0.2, 0.25) is 0 Å². The molecule has 0 saturated heterocycles. The zero-order chi connectivity index (χ0) is 11.5. The SMILES string of the molecule is CC(C)(CC(N)=O)Nc1cccc(N)n1. The topological polar surface area (TPSA) is 94.0 Å². The minimum Gasteiger partial charge on any atom is -0.384 e. The van der Waals surface area contributed by atoms with Gasteiger partial charge in [0.25, 0.3) is 0 Å². The molecule has 0 aliphatic heterocycles. The molecule has 5 nitrogen and oxygen atoms in total. The van der Waals surface area contributed by atoms with Crippen LogP contribution in [0.1, 0.15) is 20.3 Å². The smallest absolute Gasteiger partial charge is 0.219 e. The predicted molar refractivity (Wildman–Crippen MR) is 60.2 cm³/mol. The number of primary amides is 1. The molecule has 1 rings (SSSR count). The molecule has 0 radical (unpaired) electrons. The lowest BCUT2D eigenvalue weighted by atomic mass is 10.0. The monoisotopic (exact) mass is 208 g/mol. The lowest BCUT2D eigenvalue weighted by Gasteiger charge is -2.25. The molecular formula is C10H16N4O. The Labute approximate surface area is 88.9 Å². The zero-order valence-corrected chi connectivity index (χ0v) is 8.95. The van der Waals surface area contributed by atoms with Gasteiger partial charge in [-0.2, -0.15) is 0 Å². The van der Waals surface area contributed by atoms with Crippen molar-refractivity contribution >= 4 is 17.5 Å². The second-order valence-corrected chi connectivity index (χ2v) is 4.10. The number of carbonyl (C=O) groups is 1. The van der Waals surface area contributed by atoms with Crippen LogP contribution in [0, 0.1) is 0 Å². The molecule has 0 aliphatic rings. The quantitative estimate of drug-likeness (QED) is 0.679. The summed E-state index contributed by atoms with van der Waals surface area (Å²) in [7, 11) is 0. The van der Waals surface area contributed by atoms with Crippen molar-refractivity contribution in [1.82, 2.24) is 4.98 Å². The first-order valence-electron chi connectivity index (χ1n) is 4.68. The summed E-state index contributed by atoms with van der Waals surface area (Å²) in [5.41, 5.74) is 10.3. The van der Waals surface area contributed by atoms with E-state index in [0.717, 1.165) is 0 Å². The summed E-state index contributed by atoms with van der Waals surface area (Å²) >= 11 is 0. The van der Waals surface area contributed by atoms with E-state index in [4.69, 9.17) is 11.5 Å². The molecular weight excluding hydrogens is 192 g/mol. The Hall–Kier alpha value is -1.78. The standard InChI is InChI=1S/C10H16N4O/c1-10(2,6-8(12)15)14-9-5-3-4-7(11)13-9/h3-5H,6H2,1-2H3,(H2,12,15)(H3,11,13,14). The first-order valence-corrected chi connectivity index (χ1v) is 4.68. The summed E-state index contributed by atoms with van der Waals surface area (Å²) in [6, 6.07) is 5.29. The van der Waals surface area contributed by atoms with Crippen LogP contribution in [0.15, 0.2) is 18.2 Å². The molecule has 0 unspecified atom stereocenters. The number of nitrogens with one attached hydrogen (secondary N) is 1. The second-order valence-electron chi connectivity index (χ2n) is 4.10. The number of amides is 1. The van der Waals surface area contributed by atoms with Crippen molar-refractivity contribution in [1.29, 1.82) is 0 Å². The molecule has 0 spiro atoms. The van der Waals surface area contributed by atoms with Gasteiger partial charge in [-0.25, -0.2) is 4.98 Å². The van der Waals surface area contributed by atoms with E-state index in [-0.39, 0.29) is 12.3 Å². The molecule has 0 aliphatic carbocycles. The third-order valence-corrected chi connectivity index (χ3v) is 1.85. The summed E-state index contributed by atoms with van der Waals surface area (Å²) in [6.07, 6.45) is 0.240. The van der Waals surface area contributed by atoms with Gasteiger partial charge >= 0.3 is 0 Å². The number of nitrogen functional groups attached to an aromatic ring is 1. The van der Waals surface area contributed by atoms with Crippen LogP contribution in [0.25, 0.3) is 0 Å². The first kappa shape index (κ1) is 11.3. The van der Waals surface area contributed by atoms with Gasteiger partial charge in [0.2, 0.25) is 5.91 Å². The van der Waals surface area contributed by atoms with Crippen LogP contribution in [-0.2, 0) is 4.79 Å². The number of hydrogen-bond donors (Lipinski definition) is 3. The van der Waals surface area contributed by atoms with Crippen LogP contribution in [0.4, 0.5) is 11.6 Å². The average molecular weight is 208 g/mol. The van der Waals surface area contributed by atoms with Gasteiger partial charge in [-0.05, 0) is 26.0 Å². The van der Waals surface area contributed by atoms with Crippen molar-refractivity contribution < 1.29 is 4.79 Å². The van der Waals surface area contributed by atoms with Crippen molar-refractivity contribution in [2.45, 2.75) is 25.8 Å². The van der Waals surface area contributed by atoms with Gasteiger partial charge in [0.1, 0.15) is 11.6 Å². The molecule has 0 atom stereocenters. The number of hydrogen-bond acceptors (Lipinski definition) is 4. The van der Waals surface area contributed by atoms with Crippen molar-refractivity contribution in [3.63, 3.8) is 0 Å². The third kappa shape index (κ3) is 3.84. The van der Waals surface area contributed by atoms with Crippen molar-refractivity contribution in [3.8, 4) is 0 Å². The number of nitrogens with two attached hydrogens (primary N) is 2. The van der Waals surface area contributed by atoms with Gasteiger partial charge in [-0.15, -0.1) is 0 Å². The highest BCUT2D eigenvalue weighted by Gasteiger charge is 2.20. The van der Waals surface area contributed by atoms with E-state index >= 15 is 0 Å². The Morgan fingerprint density at radius 3 is 2.73 bits per heavy atom. The van der Waals surface area contributed by atoms with E-state index in [0.29, 0.717) is 11.6 Å². The molecule has 1 amide bonds. The van der Waals surface area contributed by atoms with Gasteiger partial charge in [-0.3, -0.25) is 4.79 Å². The minimum atomic E-state index is -0.424. The highest BCUT2D eigenvalue weighted by atomic mass is 16.1.